The number of rotatable bonds is 4. The molecule has 5 nitrogen and oxygen atoms in total. The SMILES string of the molecule is CN1CCC(CCNc2cnc(C#N)cn2)CC1. The van der Waals surface area contributed by atoms with Gasteiger partial charge in [-0.3, -0.25) is 0 Å². The van der Waals surface area contributed by atoms with Crippen LogP contribution < -0.4 is 5.32 Å². The quantitative estimate of drug-likeness (QED) is 0.870. The van der Waals surface area contributed by atoms with E-state index < -0.39 is 0 Å². The van der Waals surface area contributed by atoms with E-state index >= 15 is 0 Å². The second-order valence-electron chi connectivity index (χ2n) is 4.86. The molecule has 96 valence electrons. The minimum Gasteiger partial charge on any atom is -0.369 e. The number of likely N-dealkylation sites (tertiary alicyclic amines) is 1. The summed E-state index contributed by atoms with van der Waals surface area (Å²) in [6.07, 6.45) is 6.87. The van der Waals surface area contributed by atoms with Gasteiger partial charge in [-0.25, -0.2) is 9.97 Å². The van der Waals surface area contributed by atoms with Crippen LogP contribution in [-0.2, 0) is 0 Å². The zero-order chi connectivity index (χ0) is 12.8. The third-order valence-corrected chi connectivity index (χ3v) is 3.46. The summed E-state index contributed by atoms with van der Waals surface area (Å²) in [5.74, 6) is 1.57. The first kappa shape index (κ1) is 12.8. The van der Waals surface area contributed by atoms with Gasteiger partial charge in [0.2, 0.25) is 0 Å². The standard InChI is InChI=1S/C13H19N5/c1-18-6-3-11(4-7-18)2-5-15-13-10-16-12(8-14)9-17-13/h9-11H,2-7H2,1H3,(H,15,17). The van der Waals surface area contributed by atoms with Crippen molar-refractivity contribution in [1.82, 2.24) is 14.9 Å². The number of hydrogen-bond acceptors (Lipinski definition) is 5. The Kier molecular flexibility index (Phi) is 4.48. The summed E-state index contributed by atoms with van der Waals surface area (Å²) in [7, 11) is 2.18. The molecule has 1 N–H and O–H groups in total. The zero-order valence-corrected chi connectivity index (χ0v) is 10.8. The van der Waals surface area contributed by atoms with Gasteiger partial charge in [-0.1, -0.05) is 0 Å². The highest BCUT2D eigenvalue weighted by Crippen LogP contribution is 2.19. The minimum absolute atomic E-state index is 0.357. The Bertz CT molecular complexity index is 400. The predicted octanol–water partition coefficient (Wildman–Crippen LogP) is 1.49. The van der Waals surface area contributed by atoms with Crippen LogP contribution in [0.15, 0.2) is 12.4 Å². The van der Waals surface area contributed by atoms with Gasteiger partial charge in [0.15, 0.2) is 5.69 Å². The van der Waals surface area contributed by atoms with Crippen molar-refractivity contribution < 1.29 is 0 Å². The van der Waals surface area contributed by atoms with Crippen LogP contribution in [0, 0.1) is 17.2 Å². The highest BCUT2D eigenvalue weighted by atomic mass is 15.1. The van der Waals surface area contributed by atoms with Gasteiger partial charge in [-0.2, -0.15) is 5.26 Å². The monoisotopic (exact) mass is 245 g/mol. The van der Waals surface area contributed by atoms with E-state index in [4.69, 9.17) is 5.26 Å². The van der Waals surface area contributed by atoms with Gasteiger partial charge in [0.25, 0.3) is 0 Å². The van der Waals surface area contributed by atoms with Gasteiger partial charge in [0.1, 0.15) is 11.9 Å². The molecule has 0 atom stereocenters. The van der Waals surface area contributed by atoms with E-state index in [2.05, 4.69) is 27.2 Å². The molecule has 0 amide bonds. The maximum atomic E-state index is 8.62. The van der Waals surface area contributed by atoms with Crippen molar-refractivity contribution in [2.24, 2.45) is 5.92 Å². The van der Waals surface area contributed by atoms with E-state index in [0.29, 0.717) is 5.69 Å². The van der Waals surface area contributed by atoms with Crippen molar-refractivity contribution in [3.63, 3.8) is 0 Å². The Morgan fingerprint density at radius 2 is 2.17 bits per heavy atom. The molecule has 0 bridgehead atoms. The lowest BCUT2D eigenvalue weighted by atomic mass is 9.94. The lowest BCUT2D eigenvalue weighted by Crippen LogP contribution is -2.30. The molecule has 0 aliphatic carbocycles. The van der Waals surface area contributed by atoms with Crippen LogP contribution in [0.2, 0.25) is 0 Å². The van der Waals surface area contributed by atoms with Crippen LogP contribution in [0.1, 0.15) is 25.0 Å². The van der Waals surface area contributed by atoms with Crippen LogP contribution in [-0.4, -0.2) is 41.5 Å². The number of anilines is 1. The van der Waals surface area contributed by atoms with E-state index in [9.17, 15) is 0 Å². The molecule has 0 aromatic carbocycles. The molecular weight excluding hydrogens is 226 g/mol. The number of nitrogens with zero attached hydrogens (tertiary/aromatic N) is 4. The van der Waals surface area contributed by atoms with Crippen molar-refractivity contribution in [3.8, 4) is 6.07 Å². The van der Waals surface area contributed by atoms with Gasteiger partial charge in [0, 0.05) is 6.54 Å². The van der Waals surface area contributed by atoms with Crippen molar-refractivity contribution >= 4 is 5.82 Å². The van der Waals surface area contributed by atoms with E-state index in [1.807, 2.05) is 6.07 Å². The largest absolute Gasteiger partial charge is 0.369 e. The second-order valence-corrected chi connectivity index (χ2v) is 4.86. The zero-order valence-electron chi connectivity index (χ0n) is 10.8. The molecule has 1 aromatic rings. The minimum atomic E-state index is 0.357. The summed E-state index contributed by atoms with van der Waals surface area (Å²) in [5.41, 5.74) is 0.357. The summed E-state index contributed by atoms with van der Waals surface area (Å²) in [6, 6.07) is 1.96. The van der Waals surface area contributed by atoms with E-state index in [-0.39, 0.29) is 0 Å². The summed E-state index contributed by atoms with van der Waals surface area (Å²) < 4.78 is 0. The summed E-state index contributed by atoms with van der Waals surface area (Å²) in [5, 5.41) is 11.9. The highest BCUT2D eigenvalue weighted by Gasteiger charge is 2.15. The maximum absolute atomic E-state index is 8.62. The van der Waals surface area contributed by atoms with Crippen LogP contribution in [0.25, 0.3) is 0 Å². The number of aromatic nitrogens is 2. The lowest BCUT2D eigenvalue weighted by molar-refractivity contribution is 0.215. The lowest BCUT2D eigenvalue weighted by Gasteiger charge is -2.28. The Hall–Kier alpha value is -1.67. The van der Waals surface area contributed by atoms with Crippen LogP contribution in [0.3, 0.4) is 0 Å². The van der Waals surface area contributed by atoms with Crippen LogP contribution in [0.5, 0.6) is 0 Å². The van der Waals surface area contributed by atoms with Gasteiger partial charge < -0.3 is 10.2 Å². The van der Waals surface area contributed by atoms with Crippen LogP contribution >= 0.6 is 0 Å². The fourth-order valence-electron chi connectivity index (χ4n) is 2.23. The molecule has 0 radical (unpaired) electrons. The topological polar surface area (TPSA) is 64.8 Å². The Morgan fingerprint density at radius 1 is 1.39 bits per heavy atom. The van der Waals surface area contributed by atoms with E-state index in [1.165, 1.54) is 38.5 Å². The molecule has 18 heavy (non-hydrogen) atoms. The van der Waals surface area contributed by atoms with Crippen molar-refractivity contribution in [2.45, 2.75) is 19.3 Å². The fraction of sp³-hybridized carbons (Fsp3) is 0.615. The van der Waals surface area contributed by atoms with Crippen molar-refractivity contribution in [3.05, 3.63) is 18.1 Å². The molecular formula is C13H19N5. The van der Waals surface area contributed by atoms with Gasteiger partial charge >= 0.3 is 0 Å². The van der Waals surface area contributed by atoms with Crippen molar-refractivity contribution in [2.75, 3.05) is 32.0 Å². The second kappa shape index (κ2) is 6.31. The fourth-order valence-corrected chi connectivity index (χ4v) is 2.23. The molecule has 2 heterocycles. The third kappa shape index (κ3) is 3.67. The number of hydrogen-bond donors (Lipinski definition) is 1. The van der Waals surface area contributed by atoms with Gasteiger partial charge in [-0.15, -0.1) is 0 Å². The average molecular weight is 245 g/mol. The van der Waals surface area contributed by atoms with E-state index in [1.54, 1.807) is 6.20 Å². The Labute approximate surface area is 108 Å². The molecule has 0 saturated carbocycles. The Morgan fingerprint density at radius 3 is 2.78 bits per heavy atom. The number of nitriles is 1. The summed E-state index contributed by atoms with van der Waals surface area (Å²) in [6.45, 7) is 3.34. The molecule has 2 rings (SSSR count). The first-order chi connectivity index (χ1) is 8.78. The molecule has 1 aromatic heterocycles. The summed E-state index contributed by atoms with van der Waals surface area (Å²) >= 11 is 0. The Balaban J connectivity index is 1.70. The van der Waals surface area contributed by atoms with Gasteiger partial charge in [0.05, 0.1) is 12.4 Å². The molecule has 1 aliphatic rings. The third-order valence-electron chi connectivity index (χ3n) is 3.46. The number of piperidine rings is 1. The highest BCUT2D eigenvalue weighted by molar-refractivity contribution is 5.32. The summed E-state index contributed by atoms with van der Waals surface area (Å²) in [4.78, 5) is 10.5. The maximum Gasteiger partial charge on any atom is 0.158 e. The molecule has 0 unspecified atom stereocenters. The molecule has 0 spiro atoms. The molecule has 1 fully saturated rings. The number of nitrogens with one attached hydrogen (secondary N) is 1. The first-order valence-corrected chi connectivity index (χ1v) is 6.42. The predicted molar refractivity (Wildman–Crippen MR) is 70.1 cm³/mol. The normalized spacial score (nSPS) is 17.3. The van der Waals surface area contributed by atoms with Crippen LogP contribution in [0.4, 0.5) is 5.82 Å². The van der Waals surface area contributed by atoms with Gasteiger partial charge in [-0.05, 0) is 45.3 Å². The average Bonchev–Trinajstić information content (AvgIpc) is 2.42. The van der Waals surface area contributed by atoms with Crippen molar-refractivity contribution in [1.29, 1.82) is 5.26 Å². The molecule has 1 saturated heterocycles. The molecule has 5 heteroatoms. The first-order valence-electron chi connectivity index (χ1n) is 6.42. The smallest absolute Gasteiger partial charge is 0.158 e. The molecule has 1 aliphatic heterocycles. The van der Waals surface area contributed by atoms with E-state index in [0.717, 1.165) is 18.3 Å².